The predicted octanol–water partition coefficient (Wildman–Crippen LogP) is 9.25. The molecule has 11 nitrogen and oxygen atoms in total. The normalized spacial score (nSPS) is 19.6. The Bertz CT molecular complexity index is 1800. The summed E-state index contributed by atoms with van der Waals surface area (Å²) in [6.07, 6.45) is 1.04. The van der Waals surface area contributed by atoms with Gasteiger partial charge in [-0.1, -0.05) is 95.2 Å². The number of nitrogen functional groups attached to an aromatic ring is 1. The van der Waals surface area contributed by atoms with Crippen molar-refractivity contribution in [2.45, 2.75) is 167 Å². The minimum atomic E-state index is -4.36. The Balaban J connectivity index is 1.75. The van der Waals surface area contributed by atoms with Gasteiger partial charge in [0.1, 0.15) is 17.2 Å². The number of fused-ring (bicyclic) bond motifs is 1. The zero-order chi connectivity index (χ0) is 38.6. The molecule has 1 saturated heterocycles. The van der Waals surface area contributed by atoms with Crippen LogP contribution in [0.5, 0.6) is 5.88 Å². The average molecular weight is 762 g/mol. The van der Waals surface area contributed by atoms with E-state index in [1.165, 1.54) is 0 Å². The first-order valence-electron chi connectivity index (χ1n) is 18.3. The van der Waals surface area contributed by atoms with Crippen LogP contribution in [-0.4, -0.2) is 63.4 Å². The molecule has 14 heteroatoms. The molecule has 1 aliphatic rings. The maximum atomic E-state index is 14.3. The Morgan fingerprint density at radius 3 is 1.94 bits per heavy atom. The third kappa shape index (κ3) is 8.72. The van der Waals surface area contributed by atoms with E-state index in [2.05, 4.69) is 96.5 Å². The lowest BCUT2D eigenvalue weighted by atomic mass is 9.89. The van der Waals surface area contributed by atoms with E-state index in [-0.39, 0.29) is 62.3 Å². The van der Waals surface area contributed by atoms with Crippen molar-refractivity contribution in [3.05, 3.63) is 35.2 Å². The molecule has 51 heavy (non-hydrogen) atoms. The number of rotatable bonds is 12. The zero-order valence-electron chi connectivity index (χ0n) is 33.8. The molecule has 286 valence electrons. The van der Waals surface area contributed by atoms with E-state index in [0.29, 0.717) is 29.8 Å². The molecule has 4 rings (SSSR count). The number of imidazole rings is 1. The Hall–Kier alpha value is -2.37. The molecule has 0 radical (unpaired) electrons. The van der Waals surface area contributed by atoms with Crippen LogP contribution in [0.1, 0.15) is 130 Å². The summed E-state index contributed by atoms with van der Waals surface area (Å²) in [4.78, 5) is 13.5. The lowest BCUT2D eigenvalue weighted by molar-refractivity contribution is -0.0383. The summed E-state index contributed by atoms with van der Waals surface area (Å²) in [7, 11) is -8.63. The van der Waals surface area contributed by atoms with Gasteiger partial charge in [0.25, 0.3) is 5.88 Å². The van der Waals surface area contributed by atoms with Crippen molar-refractivity contribution < 1.29 is 26.2 Å². The second kappa shape index (κ2) is 14.5. The molecular formula is C37H63N5O6SSi2. The Kier molecular flexibility index (Phi) is 11.7. The molecule has 0 aliphatic carbocycles. The summed E-state index contributed by atoms with van der Waals surface area (Å²) in [6.45, 7) is 34.8. The first-order valence-corrected chi connectivity index (χ1v) is 25.5. The summed E-state index contributed by atoms with van der Waals surface area (Å²) < 4.78 is 56.5. The van der Waals surface area contributed by atoms with Gasteiger partial charge in [0.15, 0.2) is 27.8 Å². The van der Waals surface area contributed by atoms with Crippen LogP contribution in [0.3, 0.4) is 0 Å². The molecule has 1 fully saturated rings. The van der Waals surface area contributed by atoms with Gasteiger partial charge >= 0.3 is 10.1 Å². The maximum Gasteiger partial charge on any atom is 0.341 e. The number of ether oxygens (including phenoxy) is 1. The third-order valence-electron chi connectivity index (χ3n) is 11.1. The number of nitrogens with two attached hydrogens (primary N) is 1. The van der Waals surface area contributed by atoms with Crippen LogP contribution in [-0.2, 0) is 23.7 Å². The molecule has 1 aliphatic heterocycles. The monoisotopic (exact) mass is 761 g/mol. The SMILES string of the molecule is CC(C)c1cc(C(C)C)c(S(=O)(=O)Oc2nc(N)nc3c2ncn3[C@H]2C[C@H](O[Si](C)(C)C(C)(C)C)[C@@H](CO[Si](C)(C)C(C)(C)C)O2)c(C(C)C)c1. The van der Waals surface area contributed by atoms with Crippen LogP contribution in [0.25, 0.3) is 11.2 Å². The average Bonchev–Trinajstić information content (AvgIpc) is 3.57. The van der Waals surface area contributed by atoms with E-state index in [1.54, 1.807) is 10.9 Å². The smallest absolute Gasteiger partial charge is 0.341 e. The molecule has 2 N–H and O–H groups in total. The standard InChI is InChI=1S/C37H63N5O6SSi2/c1-22(2)25-17-26(23(3)4)32(27(18-25)24(5)6)49(43,44)47-34-31-33(40-35(38)41-34)42(21-39-31)30-19-28(48-51(15,16)37(10,11)12)29(46-30)20-45-50(13,14)36(7,8)9/h17-18,21-24,28-30H,19-20H2,1-16H3,(H2,38,40,41)/t28-,29+,30+/m0/s1. The summed E-state index contributed by atoms with van der Waals surface area (Å²) in [5, 5.41) is 0.0336. The Morgan fingerprint density at radius 1 is 0.902 bits per heavy atom. The molecular weight excluding hydrogens is 699 g/mol. The van der Waals surface area contributed by atoms with Crippen LogP contribution < -0.4 is 9.92 Å². The van der Waals surface area contributed by atoms with Gasteiger partial charge in [0.2, 0.25) is 5.95 Å². The van der Waals surface area contributed by atoms with Gasteiger partial charge in [-0.3, -0.25) is 4.57 Å². The number of anilines is 1. The van der Waals surface area contributed by atoms with Crippen molar-refractivity contribution in [3.63, 3.8) is 0 Å². The quantitative estimate of drug-likeness (QED) is 0.140. The van der Waals surface area contributed by atoms with Gasteiger partial charge in [0.05, 0.1) is 19.0 Å². The van der Waals surface area contributed by atoms with Crippen LogP contribution in [0, 0.1) is 0 Å². The van der Waals surface area contributed by atoms with E-state index < -0.39 is 33.0 Å². The second-order valence-corrected chi connectivity index (χ2v) is 29.1. The fourth-order valence-corrected chi connectivity index (χ4v) is 9.65. The number of hydrogen-bond donors (Lipinski definition) is 1. The lowest BCUT2D eigenvalue weighted by Crippen LogP contribution is -2.48. The second-order valence-electron chi connectivity index (χ2n) is 18.1. The Morgan fingerprint density at radius 2 is 1.45 bits per heavy atom. The van der Waals surface area contributed by atoms with Gasteiger partial charge < -0.3 is 23.5 Å². The zero-order valence-corrected chi connectivity index (χ0v) is 36.7. The van der Waals surface area contributed by atoms with E-state index in [1.807, 2.05) is 39.8 Å². The van der Waals surface area contributed by atoms with Crippen LogP contribution in [0.4, 0.5) is 5.95 Å². The number of nitrogens with zero attached hydrogens (tertiary/aromatic N) is 4. The fraction of sp³-hybridized carbons (Fsp3) is 0.703. The molecule has 3 heterocycles. The highest BCUT2D eigenvalue weighted by Crippen LogP contribution is 2.44. The van der Waals surface area contributed by atoms with E-state index in [0.717, 1.165) is 5.56 Å². The number of hydrogen-bond acceptors (Lipinski definition) is 10. The maximum absolute atomic E-state index is 14.3. The summed E-state index contributed by atoms with van der Waals surface area (Å²) in [6, 6.07) is 3.95. The molecule has 3 atom stereocenters. The molecule has 0 saturated carbocycles. The van der Waals surface area contributed by atoms with Crippen molar-refractivity contribution in [1.29, 1.82) is 0 Å². The largest absolute Gasteiger partial charge is 0.414 e. The van der Waals surface area contributed by atoms with Gasteiger partial charge in [-0.2, -0.15) is 18.4 Å². The van der Waals surface area contributed by atoms with Crippen molar-refractivity contribution >= 4 is 43.9 Å². The van der Waals surface area contributed by atoms with E-state index in [9.17, 15) is 8.42 Å². The van der Waals surface area contributed by atoms with Crippen molar-refractivity contribution in [3.8, 4) is 5.88 Å². The van der Waals surface area contributed by atoms with Crippen LogP contribution >= 0.6 is 0 Å². The van der Waals surface area contributed by atoms with Crippen LogP contribution in [0.15, 0.2) is 23.4 Å². The summed E-state index contributed by atoms with van der Waals surface area (Å²) >= 11 is 0. The minimum absolute atomic E-state index is 0.00296. The van der Waals surface area contributed by atoms with Crippen molar-refractivity contribution in [2.24, 2.45) is 0 Å². The predicted molar refractivity (Wildman–Crippen MR) is 210 cm³/mol. The minimum Gasteiger partial charge on any atom is -0.414 e. The molecule has 0 unspecified atom stereocenters. The molecule has 2 aromatic heterocycles. The van der Waals surface area contributed by atoms with E-state index in [4.69, 9.17) is 23.5 Å². The molecule has 0 amide bonds. The first-order chi connectivity index (χ1) is 23.2. The highest BCUT2D eigenvalue weighted by molar-refractivity contribution is 7.87. The highest BCUT2D eigenvalue weighted by atomic mass is 32.2. The molecule has 1 aromatic carbocycles. The molecule has 0 spiro atoms. The topological polar surface area (TPSA) is 141 Å². The third-order valence-corrected chi connectivity index (χ3v) is 21.4. The Labute approximate surface area is 308 Å². The van der Waals surface area contributed by atoms with Gasteiger partial charge in [-0.25, -0.2) is 4.98 Å². The number of aromatic nitrogens is 4. The molecule has 0 bridgehead atoms. The number of benzene rings is 1. The van der Waals surface area contributed by atoms with Gasteiger partial charge in [-0.05, 0) is 70.7 Å². The fourth-order valence-electron chi connectivity index (χ4n) is 5.71. The molecule has 3 aromatic rings. The first kappa shape index (κ1) is 41.4. The summed E-state index contributed by atoms with van der Waals surface area (Å²) in [5.41, 5.74) is 9.20. The van der Waals surface area contributed by atoms with Gasteiger partial charge in [0, 0.05) is 6.42 Å². The van der Waals surface area contributed by atoms with E-state index >= 15 is 0 Å². The van der Waals surface area contributed by atoms with Crippen molar-refractivity contribution in [2.75, 3.05) is 12.3 Å². The van der Waals surface area contributed by atoms with Crippen LogP contribution in [0.2, 0.25) is 36.3 Å². The lowest BCUT2D eigenvalue weighted by Gasteiger charge is -2.40. The van der Waals surface area contributed by atoms with Crippen molar-refractivity contribution in [1.82, 2.24) is 19.5 Å². The van der Waals surface area contributed by atoms with Gasteiger partial charge in [-0.15, -0.1) is 0 Å². The highest BCUT2D eigenvalue weighted by Gasteiger charge is 2.47. The summed E-state index contributed by atoms with van der Waals surface area (Å²) in [5.74, 6) is -0.273.